The molecule has 7 nitrogen and oxygen atoms in total. The number of nitro groups is 1. The first-order valence-corrected chi connectivity index (χ1v) is 6.43. The number of hydrogen-bond acceptors (Lipinski definition) is 6. The summed E-state index contributed by atoms with van der Waals surface area (Å²) in [6.07, 6.45) is 0. The standard InChI is InChI=1S/C12H15BrN2O5/c1-12(2,11(17)20-3)10(14)7-4-6(15(18)19)5-8(13)9(7)16/h4-5,10,16H,14H2,1-3H3/t10-/m0/s1. The first-order chi connectivity index (χ1) is 9.12. The fourth-order valence-corrected chi connectivity index (χ4v) is 2.19. The van der Waals surface area contributed by atoms with Gasteiger partial charge in [-0.25, -0.2) is 0 Å². The smallest absolute Gasteiger partial charge is 0.313 e. The van der Waals surface area contributed by atoms with Crippen LogP contribution in [0.4, 0.5) is 5.69 Å². The average molecular weight is 347 g/mol. The van der Waals surface area contributed by atoms with Crippen molar-refractivity contribution in [3.05, 3.63) is 32.3 Å². The molecule has 0 heterocycles. The largest absolute Gasteiger partial charge is 0.506 e. The number of nitrogens with zero attached hydrogens (tertiary/aromatic N) is 1. The van der Waals surface area contributed by atoms with Gasteiger partial charge in [0.15, 0.2) is 0 Å². The van der Waals surface area contributed by atoms with Crippen molar-refractivity contribution in [2.45, 2.75) is 19.9 Å². The Bertz CT molecular complexity index is 559. The maximum Gasteiger partial charge on any atom is 0.313 e. The topological polar surface area (TPSA) is 116 Å². The number of carbonyl (C=O) groups is 1. The van der Waals surface area contributed by atoms with Crippen molar-refractivity contribution in [3.63, 3.8) is 0 Å². The lowest BCUT2D eigenvalue weighted by atomic mass is 9.80. The highest BCUT2D eigenvalue weighted by atomic mass is 79.9. The highest BCUT2D eigenvalue weighted by Gasteiger charge is 2.38. The predicted molar refractivity (Wildman–Crippen MR) is 75.2 cm³/mol. The molecule has 0 saturated heterocycles. The van der Waals surface area contributed by atoms with Crippen LogP contribution < -0.4 is 5.73 Å². The number of non-ortho nitro benzene ring substituents is 1. The zero-order chi connectivity index (χ0) is 15.7. The number of hydrogen-bond donors (Lipinski definition) is 2. The molecule has 8 heteroatoms. The fraction of sp³-hybridized carbons (Fsp3) is 0.417. The molecule has 0 amide bonds. The molecule has 0 spiro atoms. The number of phenols is 1. The summed E-state index contributed by atoms with van der Waals surface area (Å²) in [4.78, 5) is 22.0. The second-order valence-corrected chi connectivity index (χ2v) is 5.67. The zero-order valence-electron chi connectivity index (χ0n) is 11.2. The lowest BCUT2D eigenvalue weighted by molar-refractivity contribution is -0.385. The average Bonchev–Trinajstić information content (AvgIpc) is 2.39. The molecule has 0 aliphatic heterocycles. The van der Waals surface area contributed by atoms with Crippen LogP contribution in [0.25, 0.3) is 0 Å². The molecule has 110 valence electrons. The van der Waals surface area contributed by atoms with E-state index in [0.717, 1.165) is 12.1 Å². The minimum absolute atomic E-state index is 0.0986. The number of nitro benzene ring substituents is 1. The number of carbonyl (C=O) groups excluding carboxylic acids is 1. The van der Waals surface area contributed by atoms with E-state index in [1.54, 1.807) is 0 Å². The Morgan fingerprint density at radius 1 is 1.55 bits per heavy atom. The molecule has 1 aromatic carbocycles. The SMILES string of the molecule is COC(=O)C(C)(C)[C@@H](N)c1cc([N+](=O)[O-])cc(Br)c1O. The Balaban J connectivity index is 3.38. The second-order valence-electron chi connectivity index (χ2n) is 4.81. The predicted octanol–water partition coefficient (Wildman–Crippen LogP) is 2.26. The van der Waals surface area contributed by atoms with Crippen molar-refractivity contribution in [1.29, 1.82) is 0 Å². The van der Waals surface area contributed by atoms with Crippen LogP contribution >= 0.6 is 15.9 Å². The first kappa shape index (κ1) is 16.4. The molecule has 0 aliphatic rings. The molecule has 0 bridgehead atoms. The molecule has 1 aromatic rings. The van der Waals surface area contributed by atoms with Crippen LogP contribution in [-0.4, -0.2) is 23.1 Å². The summed E-state index contributed by atoms with van der Waals surface area (Å²) in [5.74, 6) is -0.813. The van der Waals surface area contributed by atoms with Gasteiger partial charge in [0, 0.05) is 23.7 Å². The molecule has 20 heavy (non-hydrogen) atoms. The van der Waals surface area contributed by atoms with Crippen molar-refractivity contribution < 1.29 is 19.6 Å². The number of ether oxygens (including phenoxy) is 1. The van der Waals surface area contributed by atoms with E-state index in [0.29, 0.717) is 0 Å². The summed E-state index contributed by atoms with van der Waals surface area (Å²) < 4.78 is 4.80. The van der Waals surface area contributed by atoms with Crippen LogP contribution in [0.2, 0.25) is 0 Å². The molecule has 0 unspecified atom stereocenters. The van der Waals surface area contributed by atoms with Gasteiger partial charge in [-0.15, -0.1) is 0 Å². The number of halogens is 1. The van der Waals surface area contributed by atoms with Gasteiger partial charge in [0.05, 0.1) is 21.9 Å². The van der Waals surface area contributed by atoms with Crippen LogP contribution in [0.5, 0.6) is 5.75 Å². The molecule has 1 rings (SSSR count). The van der Waals surface area contributed by atoms with Crippen molar-refractivity contribution in [2.75, 3.05) is 7.11 Å². The lowest BCUT2D eigenvalue weighted by Crippen LogP contribution is -2.37. The van der Waals surface area contributed by atoms with Crippen LogP contribution in [0.15, 0.2) is 16.6 Å². The van der Waals surface area contributed by atoms with E-state index < -0.39 is 22.3 Å². The fourth-order valence-electron chi connectivity index (χ4n) is 1.73. The molecular weight excluding hydrogens is 332 g/mol. The number of rotatable bonds is 4. The van der Waals surface area contributed by atoms with Crippen molar-refractivity contribution in [3.8, 4) is 5.75 Å². The van der Waals surface area contributed by atoms with E-state index in [9.17, 15) is 20.0 Å². The number of nitrogens with two attached hydrogens (primary N) is 1. The van der Waals surface area contributed by atoms with Gasteiger partial charge in [0.25, 0.3) is 5.69 Å². The summed E-state index contributed by atoms with van der Waals surface area (Å²) in [6.45, 7) is 3.07. The Morgan fingerprint density at radius 2 is 2.10 bits per heavy atom. The van der Waals surface area contributed by atoms with E-state index in [2.05, 4.69) is 20.7 Å². The van der Waals surface area contributed by atoms with Gasteiger partial charge in [-0.1, -0.05) is 0 Å². The van der Waals surface area contributed by atoms with E-state index in [1.807, 2.05) is 0 Å². The Morgan fingerprint density at radius 3 is 2.55 bits per heavy atom. The molecular formula is C12H15BrN2O5. The number of benzene rings is 1. The van der Waals surface area contributed by atoms with Gasteiger partial charge in [0.1, 0.15) is 5.75 Å². The molecule has 0 aliphatic carbocycles. The van der Waals surface area contributed by atoms with E-state index >= 15 is 0 Å². The zero-order valence-corrected chi connectivity index (χ0v) is 12.8. The van der Waals surface area contributed by atoms with Gasteiger partial charge in [0.2, 0.25) is 0 Å². The van der Waals surface area contributed by atoms with Crippen molar-refractivity contribution in [2.24, 2.45) is 11.1 Å². The number of phenolic OH excluding ortho intramolecular Hbond substituents is 1. The first-order valence-electron chi connectivity index (χ1n) is 5.63. The Kier molecular flexibility index (Phi) is 4.72. The Labute approximate surface area is 124 Å². The van der Waals surface area contributed by atoms with Crippen molar-refractivity contribution >= 4 is 27.6 Å². The third kappa shape index (κ3) is 2.91. The minimum Gasteiger partial charge on any atom is -0.506 e. The highest BCUT2D eigenvalue weighted by Crippen LogP contribution is 2.41. The Hall–Kier alpha value is -1.67. The van der Waals surface area contributed by atoms with E-state index in [1.165, 1.54) is 21.0 Å². The summed E-state index contributed by atoms with van der Waals surface area (Å²) in [5.41, 5.74) is 4.70. The third-order valence-electron chi connectivity index (χ3n) is 3.11. The molecule has 1 atom stereocenters. The molecule has 0 fully saturated rings. The van der Waals surface area contributed by atoms with Gasteiger partial charge >= 0.3 is 5.97 Å². The van der Waals surface area contributed by atoms with Crippen LogP contribution in [0.1, 0.15) is 25.5 Å². The summed E-state index contributed by atoms with van der Waals surface area (Å²) in [6, 6.07) is 1.35. The maximum atomic E-state index is 11.7. The quantitative estimate of drug-likeness (QED) is 0.490. The molecule has 0 aromatic heterocycles. The van der Waals surface area contributed by atoms with Gasteiger partial charge in [-0.05, 0) is 29.8 Å². The number of methoxy groups -OCH3 is 1. The summed E-state index contributed by atoms with van der Waals surface area (Å²) in [5, 5.41) is 20.8. The third-order valence-corrected chi connectivity index (χ3v) is 3.72. The monoisotopic (exact) mass is 346 g/mol. The summed E-state index contributed by atoms with van der Waals surface area (Å²) in [7, 11) is 1.22. The van der Waals surface area contributed by atoms with E-state index in [-0.39, 0.29) is 21.5 Å². The van der Waals surface area contributed by atoms with Crippen LogP contribution in [-0.2, 0) is 9.53 Å². The van der Waals surface area contributed by atoms with Gasteiger partial charge in [-0.3, -0.25) is 14.9 Å². The lowest BCUT2D eigenvalue weighted by Gasteiger charge is -2.29. The van der Waals surface area contributed by atoms with Crippen molar-refractivity contribution in [1.82, 2.24) is 0 Å². The second kappa shape index (κ2) is 5.76. The van der Waals surface area contributed by atoms with Gasteiger partial charge in [-0.2, -0.15) is 0 Å². The van der Waals surface area contributed by atoms with Crippen LogP contribution in [0, 0.1) is 15.5 Å². The van der Waals surface area contributed by atoms with E-state index in [4.69, 9.17) is 5.73 Å². The molecule has 0 saturated carbocycles. The van der Waals surface area contributed by atoms with Crippen LogP contribution in [0.3, 0.4) is 0 Å². The molecule has 0 radical (unpaired) electrons. The maximum absolute atomic E-state index is 11.7. The summed E-state index contributed by atoms with van der Waals surface area (Å²) >= 11 is 3.03. The molecule has 3 N–H and O–H groups in total. The normalized spacial score (nSPS) is 12.8. The highest BCUT2D eigenvalue weighted by molar-refractivity contribution is 9.10. The number of esters is 1. The number of aromatic hydroxyl groups is 1. The minimum atomic E-state index is -1.15. The van der Waals surface area contributed by atoms with Gasteiger partial charge < -0.3 is 15.6 Å².